The van der Waals surface area contributed by atoms with E-state index in [0.29, 0.717) is 5.76 Å². The highest BCUT2D eigenvalue weighted by atomic mass is 16.5. The summed E-state index contributed by atoms with van der Waals surface area (Å²) in [6.07, 6.45) is 0.830. The average Bonchev–Trinajstić information content (AvgIpc) is 2.34. The van der Waals surface area contributed by atoms with Gasteiger partial charge in [0.05, 0.1) is 6.20 Å². The first-order valence-electron chi connectivity index (χ1n) is 3.05. The Balaban J connectivity index is 2.82. The summed E-state index contributed by atoms with van der Waals surface area (Å²) in [6, 6.07) is 0. The topological polar surface area (TPSA) is 72.3 Å². The van der Waals surface area contributed by atoms with Gasteiger partial charge in [-0.05, 0) is 6.92 Å². The van der Waals surface area contributed by atoms with Gasteiger partial charge in [0.1, 0.15) is 6.10 Å². The van der Waals surface area contributed by atoms with E-state index < -0.39 is 6.10 Å². The maximum atomic E-state index is 9.14. The molecule has 1 rings (SSSR count). The molecule has 56 valence electrons. The van der Waals surface area contributed by atoms with Crippen LogP contribution in [0.25, 0.3) is 0 Å². The maximum Gasteiger partial charge on any atom is 0.169 e. The van der Waals surface area contributed by atoms with Crippen LogP contribution in [0.15, 0.2) is 10.7 Å². The van der Waals surface area contributed by atoms with Crippen LogP contribution in [0.2, 0.25) is 0 Å². The van der Waals surface area contributed by atoms with E-state index in [1.165, 1.54) is 0 Å². The minimum atomic E-state index is -0.720. The first kappa shape index (κ1) is 7.24. The molecule has 4 heteroatoms. The van der Waals surface area contributed by atoms with Crippen molar-refractivity contribution >= 4 is 0 Å². The molecule has 0 bridgehead atoms. The fourth-order valence-electron chi connectivity index (χ4n) is 0.728. The molecule has 1 heterocycles. The first-order chi connectivity index (χ1) is 4.75. The van der Waals surface area contributed by atoms with Crippen LogP contribution in [0.5, 0.6) is 0 Å². The zero-order valence-electron chi connectivity index (χ0n) is 5.74. The number of aryl methyl sites for hydroxylation is 1. The second-order valence-corrected chi connectivity index (χ2v) is 2.12. The third-order valence-corrected chi connectivity index (χ3v) is 1.31. The van der Waals surface area contributed by atoms with E-state index in [0.717, 1.165) is 5.56 Å². The van der Waals surface area contributed by atoms with Crippen molar-refractivity contribution in [3.05, 3.63) is 17.5 Å². The van der Waals surface area contributed by atoms with E-state index in [2.05, 4.69) is 5.16 Å². The summed E-state index contributed by atoms with van der Waals surface area (Å²) in [5.74, 6) is 0.461. The van der Waals surface area contributed by atoms with Crippen LogP contribution in [0, 0.1) is 6.92 Å². The Morgan fingerprint density at radius 3 is 3.00 bits per heavy atom. The number of hydrogen-bond acceptors (Lipinski definition) is 4. The Morgan fingerprint density at radius 2 is 2.60 bits per heavy atom. The molecule has 1 atom stereocenters. The number of nitrogens with two attached hydrogens (primary N) is 1. The molecule has 0 aliphatic heterocycles. The van der Waals surface area contributed by atoms with Crippen LogP contribution in [0.4, 0.5) is 0 Å². The molecule has 1 aromatic heterocycles. The molecule has 0 aliphatic carbocycles. The second kappa shape index (κ2) is 2.81. The summed E-state index contributed by atoms with van der Waals surface area (Å²) >= 11 is 0. The van der Waals surface area contributed by atoms with E-state index >= 15 is 0 Å². The van der Waals surface area contributed by atoms with Crippen LogP contribution < -0.4 is 5.73 Å². The van der Waals surface area contributed by atoms with Crippen molar-refractivity contribution in [2.24, 2.45) is 5.73 Å². The largest absolute Gasteiger partial charge is 0.384 e. The Kier molecular flexibility index (Phi) is 2.03. The highest BCUT2D eigenvalue weighted by Gasteiger charge is 2.12. The molecule has 0 fully saturated rings. The second-order valence-electron chi connectivity index (χ2n) is 2.12. The normalized spacial score (nSPS) is 13.5. The lowest BCUT2D eigenvalue weighted by atomic mass is 10.2. The zero-order valence-corrected chi connectivity index (χ0v) is 5.74. The highest BCUT2D eigenvalue weighted by molar-refractivity contribution is 5.13. The molecule has 4 nitrogen and oxygen atoms in total. The monoisotopic (exact) mass is 142 g/mol. The molecule has 1 unspecified atom stereocenters. The van der Waals surface area contributed by atoms with E-state index in [9.17, 15) is 0 Å². The summed E-state index contributed by atoms with van der Waals surface area (Å²) in [6.45, 7) is 1.97. The zero-order chi connectivity index (χ0) is 7.56. The molecule has 1 aromatic rings. The standard InChI is InChI=1S/C6H10N2O2/c1-4-3-8-10-6(4)5(9)2-7/h3,5,9H,2,7H2,1H3. The number of hydrogen-bond donors (Lipinski definition) is 2. The smallest absolute Gasteiger partial charge is 0.169 e. The summed E-state index contributed by atoms with van der Waals surface area (Å²) in [7, 11) is 0. The lowest BCUT2D eigenvalue weighted by Gasteiger charge is -2.01. The van der Waals surface area contributed by atoms with Gasteiger partial charge in [0.25, 0.3) is 0 Å². The molecular weight excluding hydrogens is 132 g/mol. The number of aromatic nitrogens is 1. The van der Waals surface area contributed by atoms with Gasteiger partial charge in [0.15, 0.2) is 5.76 Å². The summed E-state index contributed by atoms with van der Waals surface area (Å²) in [5.41, 5.74) is 6.03. The maximum absolute atomic E-state index is 9.14. The van der Waals surface area contributed by atoms with Crippen LogP contribution in [0.3, 0.4) is 0 Å². The third-order valence-electron chi connectivity index (χ3n) is 1.31. The Bertz CT molecular complexity index is 209. The van der Waals surface area contributed by atoms with Gasteiger partial charge in [-0.15, -0.1) is 0 Å². The van der Waals surface area contributed by atoms with E-state index in [1.54, 1.807) is 6.20 Å². The molecule has 3 N–H and O–H groups in total. The van der Waals surface area contributed by atoms with E-state index in [1.807, 2.05) is 6.92 Å². The Labute approximate surface area is 58.6 Å². The van der Waals surface area contributed by atoms with Crippen LogP contribution in [0.1, 0.15) is 17.4 Å². The highest BCUT2D eigenvalue weighted by Crippen LogP contribution is 2.14. The van der Waals surface area contributed by atoms with Gasteiger partial charge in [-0.25, -0.2) is 0 Å². The Morgan fingerprint density at radius 1 is 1.90 bits per heavy atom. The van der Waals surface area contributed by atoms with Gasteiger partial charge in [-0.3, -0.25) is 0 Å². The van der Waals surface area contributed by atoms with Crippen molar-refractivity contribution < 1.29 is 9.63 Å². The van der Waals surface area contributed by atoms with Crippen molar-refractivity contribution in [3.63, 3.8) is 0 Å². The molecule has 0 amide bonds. The third kappa shape index (κ3) is 1.17. The van der Waals surface area contributed by atoms with E-state index in [4.69, 9.17) is 15.4 Å². The van der Waals surface area contributed by atoms with Gasteiger partial charge in [0.2, 0.25) is 0 Å². The van der Waals surface area contributed by atoms with Gasteiger partial charge < -0.3 is 15.4 Å². The molecule has 0 radical (unpaired) electrons. The van der Waals surface area contributed by atoms with Gasteiger partial charge >= 0.3 is 0 Å². The number of rotatable bonds is 2. The lowest BCUT2D eigenvalue weighted by Crippen LogP contribution is -2.11. The average molecular weight is 142 g/mol. The molecule has 10 heavy (non-hydrogen) atoms. The van der Waals surface area contributed by atoms with Crippen LogP contribution >= 0.6 is 0 Å². The quantitative estimate of drug-likeness (QED) is 0.608. The summed E-state index contributed by atoms with van der Waals surface area (Å²) in [5, 5.41) is 12.6. The molecule has 0 aromatic carbocycles. The fourth-order valence-corrected chi connectivity index (χ4v) is 0.728. The number of aliphatic hydroxyl groups is 1. The first-order valence-corrected chi connectivity index (χ1v) is 3.05. The summed E-state index contributed by atoms with van der Waals surface area (Å²) < 4.78 is 4.74. The van der Waals surface area contributed by atoms with Crippen molar-refractivity contribution in [2.45, 2.75) is 13.0 Å². The van der Waals surface area contributed by atoms with Crippen molar-refractivity contribution in [1.29, 1.82) is 0 Å². The van der Waals surface area contributed by atoms with Gasteiger partial charge in [-0.1, -0.05) is 5.16 Å². The molecule has 0 aliphatic rings. The van der Waals surface area contributed by atoms with Crippen molar-refractivity contribution in [2.75, 3.05) is 6.54 Å². The van der Waals surface area contributed by atoms with E-state index in [-0.39, 0.29) is 6.54 Å². The number of aliphatic hydroxyl groups excluding tert-OH is 1. The van der Waals surface area contributed by atoms with Gasteiger partial charge in [-0.2, -0.15) is 0 Å². The van der Waals surface area contributed by atoms with Crippen molar-refractivity contribution in [3.8, 4) is 0 Å². The van der Waals surface area contributed by atoms with Gasteiger partial charge in [0, 0.05) is 12.1 Å². The molecule has 0 spiro atoms. The van der Waals surface area contributed by atoms with Crippen LogP contribution in [-0.2, 0) is 0 Å². The lowest BCUT2D eigenvalue weighted by molar-refractivity contribution is 0.146. The molecule has 0 saturated heterocycles. The minimum Gasteiger partial charge on any atom is -0.384 e. The number of nitrogens with zero attached hydrogens (tertiary/aromatic N) is 1. The minimum absolute atomic E-state index is 0.163. The summed E-state index contributed by atoms with van der Waals surface area (Å²) in [4.78, 5) is 0. The van der Waals surface area contributed by atoms with Crippen molar-refractivity contribution in [1.82, 2.24) is 5.16 Å². The predicted molar refractivity (Wildman–Crippen MR) is 35.3 cm³/mol. The Hall–Kier alpha value is -0.870. The predicted octanol–water partition coefficient (Wildman–Crippen LogP) is -0.0249. The fraction of sp³-hybridized carbons (Fsp3) is 0.500. The van der Waals surface area contributed by atoms with Crippen LogP contribution in [-0.4, -0.2) is 16.8 Å². The molecule has 0 saturated carbocycles. The SMILES string of the molecule is Cc1cnoc1C(O)CN. The molecular formula is C6H10N2O2.